The normalized spacial score (nSPS) is 21.3. The van der Waals surface area contributed by atoms with Gasteiger partial charge in [0.2, 0.25) is 0 Å². The van der Waals surface area contributed by atoms with Crippen molar-refractivity contribution in [2.75, 3.05) is 19.8 Å². The molecular formula is C22H26O3. The Bertz CT molecular complexity index is 755. The van der Waals surface area contributed by atoms with E-state index in [1.54, 1.807) is 0 Å². The first-order valence-electron chi connectivity index (χ1n) is 9.07. The van der Waals surface area contributed by atoms with Crippen molar-refractivity contribution >= 4 is 0 Å². The van der Waals surface area contributed by atoms with Crippen molar-refractivity contribution in [1.82, 2.24) is 0 Å². The van der Waals surface area contributed by atoms with Crippen LogP contribution in [0.1, 0.15) is 45.0 Å². The summed E-state index contributed by atoms with van der Waals surface area (Å²) in [5, 5.41) is 0. The molecule has 0 N–H and O–H groups in total. The Balaban J connectivity index is 1.54. The average Bonchev–Trinajstić information content (AvgIpc) is 3.40. The van der Waals surface area contributed by atoms with Gasteiger partial charge in [0.1, 0.15) is 24.6 Å². The lowest BCUT2D eigenvalue weighted by molar-refractivity contribution is 0.260. The van der Waals surface area contributed by atoms with Gasteiger partial charge in [-0.3, -0.25) is 0 Å². The Morgan fingerprint density at radius 3 is 1.84 bits per heavy atom. The minimum Gasteiger partial charge on any atom is -0.490 e. The lowest BCUT2D eigenvalue weighted by atomic mass is 9.93. The number of aryl methyl sites for hydroxylation is 4. The van der Waals surface area contributed by atoms with Crippen LogP contribution in [-0.2, 0) is 15.9 Å². The summed E-state index contributed by atoms with van der Waals surface area (Å²) >= 11 is 0. The number of benzene rings is 2. The summed E-state index contributed by atoms with van der Waals surface area (Å²) in [4.78, 5) is 0. The van der Waals surface area contributed by atoms with Gasteiger partial charge in [0.05, 0.1) is 13.2 Å². The molecule has 0 bridgehead atoms. The summed E-state index contributed by atoms with van der Waals surface area (Å²) in [5.41, 5.74) is 9.16. The van der Waals surface area contributed by atoms with E-state index in [0.717, 1.165) is 25.4 Å². The third kappa shape index (κ3) is 3.73. The Hall–Kier alpha value is -1.84. The van der Waals surface area contributed by atoms with Crippen LogP contribution in [-0.4, -0.2) is 25.9 Å². The standard InChI is InChI=1S/C22H26O3/c1-13-5-17(6-14(2)21(13)20-12-24-20)9-18-7-15(3)22(16(4)8-18)25-11-19-10-23-19/h5-8,19-20H,9-12H2,1-4H3. The summed E-state index contributed by atoms with van der Waals surface area (Å²) in [5.74, 6) is 1.01. The van der Waals surface area contributed by atoms with Crippen LogP contribution >= 0.6 is 0 Å². The molecule has 0 amide bonds. The Labute approximate surface area is 149 Å². The van der Waals surface area contributed by atoms with Crippen molar-refractivity contribution in [3.63, 3.8) is 0 Å². The Morgan fingerprint density at radius 1 is 0.840 bits per heavy atom. The highest BCUT2D eigenvalue weighted by atomic mass is 16.6. The lowest BCUT2D eigenvalue weighted by Gasteiger charge is -2.15. The maximum Gasteiger partial charge on any atom is 0.125 e. The van der Waals surface area contributed by atoms with E-state index in [0.29, 0.717) is 18.8 Å². The molecule has 2 saturated heterocycles. The number of epoxide rings is 2. The van der Waals surface area contributed by atoms with E-state index in [9.17, 15) is 0 Å². The lowest BCUT2D eigenvalue weighted by Crippen LogP contribution is -2.07. The monoisotopic (exact) mass is 338 g/mol. The topological polar surface area (TPSA) is 34.3 Å². The van der Waals surface area contributed by atoms with E-state index in [1.807, 2.05) is 0 Å². The summed E-state index contributed by atoms with van der Waals surface area (Å²) in [6.07, 6.45) is 1.56. The number of hydrogen-bond acceptors (Lipinski definition) is 3. The van der Waals surface area contributed by atoms with Crippen LogP contribution in [0.4, 0.5) is 0 Å². The minimum absolute atomic E-state index is 0.290. The fourth-order valence-electron chi connectivity index (χ4n) is 3.84. The SMILES string of the molecule is Cc1cc(Cc2cc(C)c(C3CO3)c(C)c2)cc(C)c1OCC1CO1. The molecule has 2 aliphatic rings. The van der Waals surface area contributed by atoms with Gasteiger partial charge in [-0.1, -0.05) is 24.3 Å². The zero-order chi connectivity index (χ0) is 17.6. The molecule has 2 aromatic carbocycles. The zero-order valence-corrected chi connectivity index (χ0v) is 15.5. The van der Waals surface area contributed by atoms with E-state index in [-0.39, 0.29) is 0 Å². The number of rotatable bonds is 6. The Kier molecular flexibility index (Phi) is 4.30. The summed E-state index contributed by atoms with van der Waals surface area (Å²) < 4.78 is 16.7. The molecule has 4 rings (SSSR count). The van der Waals surface area contributed by atoms with Crippen molar-refractivity contribution in [2.24, 2.45) is 0 Å². The highest BCUT2D eigenvalue weighted by molar-refractivity contribution is 5.46. The van der Waals surface area contributed by atoms with Crippen LogP contribution in [0.25, 0.3) is 0 Å². The first kappa shape index (κ1) is 16.6. The molecule has 2 fully saturated rings. The quantitative estimate of drug-likeness (QED) is 0.734. The third-order valence-corrected chi connectivity index (χ3v) is 5.05. The molecule has 0 spiro atoms. The smallest absolute Gasteiger partial charge is 0.125 e. The molecule has 2 unspecified atom stereocenters. The van der Waals surface area contributed by atoms with E-state index >= 15 is 0 Å². The highest BCUT2D eigenvalue weighted by Crippen LogP contribution is 2.35. The molecule has 0 aromatic heterocycles. The zero-order valence-electron chi connectivity index (χ0n) is 15.5. The van der Waals surface area contributed by atoms with Crippen LogP contribution in [0, 0.1) is 27.7 Å². The fourth-order valence-corrected chi connectivity index (χ4v) is 3.84. The molecule has 2 aliphatic heterocycles. The molecule has 2 heterocycles. The van der Waals surface area contributed by atoms with Crippen molar-refractivity contribution < 1.29 is 14.2 Å². The molecule has 0 aliphatic carbocycles. The third-order valence-electron chi connectivity index (χ3n) is 5.05. The second-order valence-electron chi connectivity index (χ2n) is 7.47. The maximum absolute atomic E-state index is 5.95. The van der Waals surface area contributed by atoms with Crippen LogP contribution in [0.2, 0.25) is 0 Å². The first-order chi connectivity index (χ1) is 12.0. The predicted molar refractivity (Wildman–Crippen MR) is 98.6 cm³/mol. The van der Waals surface area contributed by atoms with Gasteiger partial charge in [-0.25, -0.2) is 0 Å². The summed E-state index contributed by atoms with van der Waals surface area (Å²) in [7, 11) is 0. The van der Waals surface area contributed by atoms with Gasteiger partial charge in [-0.2, -0.15) is 0 Å². The van der Waals surface area contributed by atoms with Crippen molar-refractivity contribution in [1.29, 1.82) is 0 Å². The number of ether oxygens (including phenoxy) is 3. The molecule has 3 nitrogen and oxygen atoms in total. The van der Waals surface area contributed by atoms with Gasteiger partial charge in [0, 0.05) is 0 Å². The second kappa shape index (κ2) is 6.47. The van der Waals surface area contributed by atoms with E-state index in [4.69, 9.17) is 14.2 Å². The molecule has 3 heteroatoms. The van der Waals surface area contributed by atoms with Gasteiger partial charge in [0.15, 0.2) is 0 Å². The fraction of sp³-hybridized carbons (Fsp3) is 0.455. The van der Waals surface area contributed by atoms with E-state index in [2.05, 4.69) is 52.0 Å². The van der Waals surface area contributed by atoms with E-state index in [1.165, 1.54) is 38.9 Å². The van der Waals surface area contributed by atoms with Crippen LogP contribution in [0.15, 0.2) is 24.3 Å². The Morgan fingerprint density at radius 2 is 1.36 bits per heavy atom. The summed E-state index contributed by atoms with van der Waals surface area (Å²) in [6, 6.07) is 9.12. The van der Waals surface area contributed by atoms with Crippen LogP contribution < -0.4 is 4.74 Å². The van der Waals surface area contributed by atoms with Crippen LogP contribution in [0.3, 0.4) is 0 Å². The molecule has 132 valence electrons. The van der Waals surface area contributed by atoms with Gasteiger partial charge < -0.3 is 14.2 Å². The van der Waals surface area contributed by atoms with Crippen LogP contribution in [0.5, 0.6) is 5.75 Å². The molecular weight excluding hydrogens is 312 g/mol. The van der Waals surface area contributed by atoms with Crippen molar-refractivity contribution in [2.45, 2.75) is 46.3 Å². The van der Waals surface area contributed by atoms with Gasteiger partial charge in [-0.15, -0.1) is 0 Å². The van der Waals surface area contributed by atoms with Gasteiger partial charge in [0.25, 0.3) is 0 Å². The molecule has 0 radical (unpaired) electrons. The van der Waals surface area contributed by atoms with Crippen molar-refractivity contribution in [3.05, 3.63) is 63.2 Å². The van der Waals surface area contributed by atoms with E-state index < -0.39 is 0 Å². The molecule has 2 atom stereocenters. The van der Waals surface area contributed by atoms with Gasteiger partial charge >= 0.3 is 0 Å². The van der Waals surface area contributed by atoms with Crippen molar-refractivity contribution in [3.8, 4) is 5.75 Å². The molecule has 2 aromatic rings. The predicted octanol–water partition coefficient (Wildman–Crippen LogP) is 4.36. The molecule has 0 saturated carbocycles. The maximum atomic E-state index is 5.95. The average molecular weight is 338 g/mol. The molecule has 25 heavy (non-hydrogen) atoms. The van der Waals surface area contributed by atoms with Gasteiger partial charge in [-0.05, 0) is 73.1 Å². The summed E-state index contributed by atoms with van der Waals surface area (Å²) in [6.45, 7) is 11.0. The first-order valence-corrected chi connectivity index (χ1v) is 9.07. The largest absolute Gasteiger partial charge is 0.490 e. The second-order valence-corrected chi connectivity index (χ2v) is 7.47. The highest BCUT2D eigenvalue weighted by Gasteiger charge is 2.28. The minimum atomic E-state index is 0.290. The number of hydrogen-bond donors (Lipinski definition) is 0.